The van der Waals surface area contributed by atoms with E-state index in [0.717, 1.165) is 19.6 Å². The quantitative estimate of drug-likeness (QED) is 0.883. The molecule has 0 bridgehead atoms. The minimum atomic E-state index is 0.427. The molecule has 1 atom stereocenters. The summed E-state index contributed by atoms with van der Waals surface area (Å²) in [5, 5.41) is 3.60. The molecule has 1 saturated heterocycles. The van der Waals surface area contributed by atoms with Crippen LogP contribution in [-0.2, 0) is 0 Å². The maximum atomic E-state index is 3.60. The summed E-state index contributed by atoms with van der Waals surface area (Å²) in [4.78, 5) is 2.47. The van der Waals surface area contributed by atoms with Gasteiger partial charge in [0.2, 0.25) is 0 Å². The number of nitrogens with zero attached hydrogens (tertiary/aromatic N) is 1. The Morgan fingerprint density at radius 3 is 2.47 bits per heavy atom. The third kappa shape index (κ3) is 2.79. The van der Waals surface area contributed by atoms with E-state index in [1.807, 2.05) is 0 Å². The Labute approximate surface area is 115 Å². The molecule has 2 aromatic rings. The highest BCUT2D eigenvalue weighted by Gasteiger charge is 2.20. The standard InChI is InChI=1S/C17H20N2/c1-14-7-9-16(10-8-14)19-12-11-18-17(13-19)15-5-3-2-4-6-15/h2-10,17-18H,11-13H2,1H3. The summed E-state index contributed by atoms with van der Waals surface area (Å²) in [6.45, 7) is 5.28. The maximum Gasteiger partial charge on any atom is 0.0498 e. The van der Waals surface area contributed by atoms with Crippen LogP contribution in [-0.4, -0.2) is 19.6 Å². The molecule has 3 rings (SSSR count). The lowest BCUT2D eigenvalue weighted by atomic mass is 10.0. The van der Waals surface area contributed by atoms with Crippen molar-refractivity contribution in [1.29, 1.82) is 0 Å². The molecule has 1 aliphatic heterocycles. The first-order valence-electron chi connectivity index (χ1n) is 6.93. The summed E-state index contributed by atoms with van der Waals surface area (Å²) in [7, 11) is 0. The van der Waals surface area contributed by atoms with Crippen molar-refractivity contribution >= 4 is 5.69 Å². The normalized spacial score (nSPS) is 19.4. The Morgan fingerprint density at radius 1 is 1.00 bits per heavy atom. The highest BCUT2D eigenvalue weighted by Crippen LogP contribution is 2.22. The van der Waals surface area contributed by atoms with Crippen LogP contribution in [0.1, 0.15) is 17.2 Å². The van der Waals surface area contributed by atoms with Gasteiger partial charge in [0.1, 0.15) is 0 Å². The zero-order chi connectivity index (χ0) is 13.1. The van der Waals surface area contributed by atoms with Crippen molar-refractivity contribution in [2.75, 3.05) is 24.5 Å². The number of rotatable bonds is 2. The summed E-state index contributed by atoms with van der Waals surface area (Å²) >= 11 is 0. The smallest absolute Gasteiger partial charge is 0.0498 e. The van der Waals surface area contributed by atoms with E-state index in [4.69, 9.17) is 0 Å². The lowest BCUT2D eigenvalue weighted by molar-refractivity contribution is 0.472. The van der Waals surface area contributed by atoms with Gasteiger partial charge in [0.15, 0.2) is 0 Å². The van der Waals surface area contributed by atoms with E-state index in [2.05, 4.69) is 71.7 Å². The van der Waals surface area contributed by atoms with Gasteiger partial charge in [-0.25, -0.2) is 0 Å². The fourth-order valence-corrected chi connectivity index (χ4v) is 2.65. The third-order valence-corrected chi connectivity index (χ3v) is 3.78. The maximum absolute atomic E-state index is 3.60. The zero-order valence-corrected chi connectivity index (χ0v) is 11.3. The molecule has 1 aliphatic rings. The third-order valence-electron chi connectivity index (χ3n) is 3.78. The van der Waals surface area contributed by atoms with E-state index < -0.39 is 0 Å². The van der Waals surface area contributed by atoms with Crippen molar-refractivity contribution in [3.05, 3.63) is 65.7 Å². The second kappa shape index (κ2) is 5.45. The molecule has 98 valence electrons. The molecule has 2 aromatic carbocycles. The Bertz CT molecular complexity index is 519. The monoisotopic (exact) mass is 252 g/mol. The molecule has 0 radical (unpaired) electrons. The number of anilines is 1. The second-order valence-electron chi connectivity index (χ2n) is 5.20. The van der Waals surface area contributed by atoms with Gasteiger partial charge in [-0.05, 0) is 24.6 Å². The number of aryl methyl sites for hydroxylation is 1. The summed E-state index contributed by atoms with van der Waals surface area (Å²) in [6.07, 6.45) is 0. The van der Waals surface area contributed by atoms with Gasteiger partial charge in [-0.1, -0.05) is 48.0 Å². The van der Waals surface area contributed by atoms with Crippen LogP contribution in [0.15, 0.2) is 54.6 Å². The van der Waals surface area contributed by atoms with Crippen molar-refractivity contribution < 1.29 is 0 Å². The van der Waals surface area contributed by atoms with Crippen LogP contribution < -0.4 is 10.2 Å². The highest BCUT2D eigenvalue weighted by atomic mass is 15.2. The molecule has 0 amide bonds. The Balaban J connectivity index is 1.76. The molecule has 1 unspecified atom stereocenters. The first-order chi connectivity index (χ1) is 9.33. The van der Waals surface area contributed by atoms with Crippen LogP contribution in [0.3, 0.4) is 0 Å². The average Bonchev–Trinajstić information content (AvgIpc) is 2.49. The molecule has 2 heteroatoms. The summed E-state index contributed by atoms with van der Waals surface area (Å²) < 4.78 is 0. The molecule has 0 spiro atoms. The summed E-state index contributed by atoms with van der Waals surface area (Å²) in [6, 6.07) is 20.0. The molecule has 1 heterocycles. The number of nitrogens with one attached hydrogen (secondary N) is 1. The van der Waals surface area contributed by atoms with Crippen molar-refractivity contribution in [3.8, 4) is 0 Å². The SMILES string of the molecule is Cc1ccc(N2CCNC(c3ccccc3)C2)cc1. The molecule has 0 aliphatic carbocycles. The van der Waals surface area contributed by atoms with Gasteiger partial charge >= 0.3 is 0 Å². The van der Waals surface area contributed by atoms with Gasteiger partial charge in [0.25, 0.3) is 0 Å². The summed E-state index contributed by atoms with van der Waals surface area (Å²) in [5.74, 6) is 0. The van der Waals surface area contributed by atoms with Gasteiger partial charge in [0.05, 0.1) is 0 Å². The van der Waals surface area contributed by atoms with E-state index in [1.165, 1.54) is 16.8 Å². The minimum Gasteiger partial charge on any atom is -0.368 e. The fraction of sp³-hybridized carbons (Fsp3) is 0.294. The Hall–Kier alpha value is -1.80. The van der Waals surface area contributed by atoms with Crippen LogP contribution in [0.25, 0.3) is 0 Å². The topological polar surface area (TPSA) is 15.3 Å². The Morgan fingerprint density at radius 2 is 1.74 bits per heavy atom. The van der Waals surface area contributed by atoms with Crippen LogP contribution in [0.5, 0.6) is 0 Å². The number of benzene rings is 2. The lowest BCUT2D eigenvalue weighted by Crippen LogP contribution is -2.45. The number of hydrogen-bond acceptors (Lipinski definition) is 2. The minimum absolute atomic E-state index is 0.427. The molecule has 0 saturated carbocycles. The van der Waals surface area contributed by atoms with Gasteiger partial charge in [-0.3, -0.25) is 0 Å². The van der Waals surface area contributed by atoms with E-state index in [1.54, 1.807) is 0 Å². The Kier molecular flexibility index (Phi) is 3.51. The van der Waals surface area contributed by atoms with E-state index in [0.29, 0.717) is 6.04 Å². The van der Waals surface area contributed by atoms with E-state index >= 15 is 0 Å². The molecule has 0 aromatic heterocycles. The zero-order valence-electron chi connectivity index (χ0n) is 11.3. The average molecular weight is 252 g/mol. The molecular formula is C17H20N2. The van der Waals surface area contributed by atoms with E-state index in [9.17, 15) is 0 Å². The van der Waals surface area contributed by atoms with E-state index in [-0.39, 0.29) is 0 Å². The fourth-order valence-electron chi connectivity index (χ4n) is 2.65. The highest BCUT2D eigenvalue weighted by molar-refractivity contribution is 5.48. The van der Waals surface area contributed by atoms with Crippen molar-refractivity contribution in [2.45, 2.75) is 13.0 Å². The molecule has 2 nitrogen and oxygen atoms in total. The van der Waals surface area contributed by atoms with Gasteiger partial charge in [-0.2, -0.15) is 0 Å². The molecule has 19 heavy (non-hydrogen) atoms. The first-order valence-corrected chi connectivity index (χ1v) is 6.93. The largest absolute Gasteiger partial charge is 0.368 e. The van der Waals surface area contributed by atoms with Gasteiger partial charge in [0, 0.05) is 31.4 Å². The second-order valence-corrected chi connectivity index (χ2v) is 5.20. The number of piperazine rings is 1. The molecular weight excluding hydrogens is 232 g/mol. The van der Waals surface area contributed by atoms with Crippen molar-refractivity contribution in [1.82, 2.24) is 5.32 Å². The van der Waals surface area contributed by atoms with Gasteiger partial charge < -0.3 is 10.2 Å². The van der Waals surface area contributed by atoms with Crippen LogP contribution >= 0.6 is 0 Å². The van der Waals surface area contributed by atoms with Crippen LogP contribution in [0.2, 0.25) is 0 Å². The molecule has 1 N–H and O–H groups in total. The molecule has 1 fully saturated rings. The summed E-state index contributed by atoms with van der Waals surface area (Å²) in [5.41, 5.74) is 4.02. The van der Waals surface area contributed by atoms with Crippen molar-refractivity contribution in [3.63, 3.8) is 0 Å². The number of hydrogen-bond donors (Lipinski definition) is 1. The van der Waals surface area contributed by atoms with Gasteiger partial charge in [-0.15, -0.1) is 0 Å². The van der Waals surface area contributed by atoms with Crippen LogP contribution in [0.4, 0.5) is 5.69 Å². The van der Waals surface area contributed by atoms with Crippen molar-refractivity contribution in [2.24, 2.45) is 0 Å². The predicted molar refractivity (Wildman–Crippen MR) is 80.6 cm³/mol. The van der Waals surface area contributed by atoms with Crippen LogP contribution in [0, 0.1) is 6.92 Å². The lowest BCUT2D eigenvalue weighted by Gasteiger charge is -2.35. The predicted octanol–water partition coefficient (Wildman–Crippen LogP) is 3.15. The first kappa shape index (κ1) is 12.2.